The number of hydrogen-bond donors (Lipinski definition) is 1. The summed E-state index contributed by atoms with van der Waals surface area (Å²) in [5.74, 6) is -0.129. The first-order valence-electron chi connectivity index (χ1n) is 8.05. The van der Waals surface area contributed by atoms with Crippen molar-refractivity contribution in [2.45, 2.75) is 13.0 Å². The highest BCUT2D eigenvalue weighted by Crippen LogP contribution is 2.10. The lowest BCUT2D eigenvalue weighted by Crippen LogP contribution is -2.39. The average molecular weight is 328 g/mol. The molecule has 1 heterocycles. The van der Waals surface area contributed by atoms with E-state index in [-0.39, 0.29) is 12.5 Å². The van der Waals surface area contributed by atoms with Crippen LogP contribution in [0.2, 0.25) is 0 Å². The molecule has 0 bridgehead atoms. The van der Waals surface area contributed by atoms with Crippen LogP contribution >= 0.6 is 0 Å². The molecule has 0 aliphatic heterocycles. The second-order valence-corrected chi connectivity index (χ2v) is 5.78. The van der Waals surface area contributed by atoms with Crippen molar-refractivity contribution in [2.75, 3.05) is 5.32 Å². The fourth-order valence-electron chi connectivity index (χ4n) is 2.58. The van der Waals surface area contributed by atoms with E-state index in [9.17, 15) is 4.79 Å². The van der Waals surface area contributed by atoms with Crippen LogP contribution in [0.15, 0.2) is 79.1 Å². The van der Waals surface area contributed by atoms with Crippen molar-refractivity contribution in [3.63, 3.8) is 0 Å². The molecule has 4 heteroatoms. The summed E-state index contributed by atoms with van der Waals surface area (Å²) in [5, 5.41) is 11.7. The van der Waals surface area contributed by atoms with Crippen molar-refractivity contribution in [3.05, 3.63) is 95.8 Å². The van der Waals surface area contributed by atoms with Gasteiger partial charge in [0.25, 0.3) is 5.91 Å². The Morgan fingerprint density at radius 3 is 2.40 bits per heavy atom. The van der Waals surface area contributed by atoms with Gasteiger partial charge in [0, 0.05) is 17.8 Å². The van der Waals surface area contributed by atoms with E-state index in [0.717, 1.165) is 6.42 Å². The van der Waals surface area contributed by atoms with Gasteiger partial charge >= 0.3 is 0 Å². The molecular formula is C21H18N3O+. The summed E-state index contributed by atoms with van der Waals surface area (Å²) in [6.07, 6.45) is 4.68. The number of amides is 1. The van der Waals surface area contributed by atoms with Crippen LogP contribution in [0.3, 0.4) is 0 Å². The number of rotatable bonds is 5. The summed E-state index contributed by atoms with van der Waals surface area (Å²) >= 11 is 0. The van der Waals surface area contributed by atoms with Crippen LogP contribution in [0, 0.1) is 11.3 Å². The molecule has 3 aromatic rings. The largest absolute Gasteiger partial charge is 0.321 e. The maximum atomic E-state index is 12.1. The molecule has 0 saturated carbocycles. The molecule has 2 aromatic carbocycles. The molecule has 0 aliphatic carbocycles. The van der Waals surface area contributed by atoms with Crippen molar-refractivity contribution >= 4 is 11.6 Å². The molecule has 122 valence electrons. The van der Waals surface area contributed by atoms with Gasteiger partial charge in [0.1, 0.15) is 0 Å². The normalized spacial score (nSPS) is 10.0. The number of nitrogens with zero attached hydrogens (tertiary/aromatic N) is 2. The summed E-state index contributed by atoms with van der Waals surface area (Å²) in [6, 6.07) is 23.3. The topological polar surface area (TPSA) is 56.8 Å². The standard InChI is InChI=1S/C21H17N3O/c22-15-19-7-4-8-20(14-19)23-21(25)16-24-11-9-18(10-12-24)13-17-5-2-1-3-6-17/h1-12,14H,13,16H2/p+1. The Labute approximate surface area is 147 Å². The van der Waals surface area contributed by atoms with E-state index in [1.54, 1.807) is 24.3 Å². The Balaban J connectivity index is 1.59. The third-order valence-electron chi connectivity index (χ3n) is 3.81. The zero-order valence-electron chi connectivity index (χ0n) is 13.7. The highest BCUT2D eigenvalue weighted by Gasteiger charge is 2.10. The molecule has 0 spiro atoms. The molecule has 0 atom stereocenters. The van der Waals surface area contributed by atoms with Crippen molar-refractivity contribution in [1.29, 1.82) is 5.26 Å². The van der Waals surface area contributed by atoms with Crippen LogP contribution in [0.25, 0.3) is 0 Å². The van der Waals surface area contributed by atoms with Gasteiger partial charge in [-0.2, -0.15) is 9.83 Å². The third kappa shape index (κ3) is 4.76. The smallest absolute Gasteiger partial charge is 0.290 e. The van der Waals surface area contributed by atoms with E-state index in [1.165, 1.54) is 11.1 Å². The minimum atomic E-state index is -0.129. The first-order valence-corrected chi connectivity index (χ1v) is 8.05. The van der Waals surface area contributed by atoms with Gasteiger partial charge in [0.05, 0.1) is 11.6 Å². The Morgan fingerprint density at radius 1 is 0.960 bits per heavy atom. The monoisotopic (exact) mass is 328 g/mol. The summed E-state index contributed by atoms with van der Waals surface area (Å²) in [5.41, 5.74) is 3.61. The number of aromatic nitrogens is 1. The number of anilines is 1. The summed E-state index contributed by atoms with van der Waals surface area (Å²) in [6.45, 7) is 0.225. The maximum Gasteiger partial charge on any atom is 0.290 e. The van der Waals surface area contributed by atoms with E-state index in [2.05, 4.69) is 23.5 Å². The van der Waals surface area contributed by atoms with Gasteiger partial charge in [-0.05, 0) is 35.7 Å². The Kier molecular flexibility index (Phi) is 5.18. The molecule has 25 heavy (non-hydrogen) atoms. The van der Waals surface area contributed by atoms with Crippen LogP contribution in [-0.2, 0) is 17.8 Å². The lowest BCUT2D eigenvalue weighted by molar-refractivity contribution is -0.684. The molecule has 0 unspecified atom stereocenters. The molecule has 0 radical (unpaired) electrons. The number of carbonyl (C=O) groups excluding carboxylic acids is 1. The zero-order valence-corrected chi connectivity index (χ0v) is 13.7. The molecule has 4 nitrogen and oxygen atoms in total. The van der Waals surface area contributed by atoms with Crippen LogP contribution in [0.4, 0.5) is 5.69 Å². The molecule has 0 aliphatic rings. The highest BCUT2D eigenvalue weighted by atomic mass is 16.1. The fraction of sp³-hybridized carbons (Fsp3) is 0.0952. The molecule has 0 fully saturated rings. The van der Waals surface area contributed by atoms with E-state index < -0.39 is 0 Å². The minimum Gasteiger partial charge on any atom is -0.321 e. The first kappa shape index (κ1) is 16.4. The zero-order chi connectivity index (χ0) is 17.5. The molecule has 1 N–H and O–H groups in total. The van der Waals surface area contributed by atoms with E-state index >= 15 is 0 Å². The molecule has 1 amide bonds. The van der Waals surface area contributed by atoms with Crippen LogP contribution < -0.4 is 9.88 Å². The van der Waals surface area contributed by atoms with Crippen molar-refractivity contribution < 1.29 is 9.36 Å². The average Bonchev–Trinajstić information content (AvgIpc) is 2.64. The number of nitriles is 1. The Morgan fingerprint density at radius 2 is 1.68 bits per heavy atom. The Hall–Kier alpha value is -3.45. The Bertz CT molecular complexity index is 896. The second-order valence-electron chi connectivity index (χ2n) is 5.78. The van der Waals surface area contributed by atoms with E-state index in [1.807, 2.05) is 47.3 Å². The molecule has 0 saturated heterocycles. The number of benzene rings is 2. The van der Waals surface area contributed by atoms with Crippen molar-refractivity contribution in [3.8, 4) is 6.07 Å². The van der Waals surface area contributed by atoms with Gasteiger partial charge in [-0.1, -0.05) is 36.4 Å². The second kappa shape index (κ2) is 7.89. The summed E-state index contributed by atoms with van der Waals surface area (Å²) in [4.78, 5) is 12.1. The van der Waals surface area contributed by atoms with Crippen LogP contribution in [0.5, 0.6) is 0 Å². The van der Waals surface area contributed by atoms with E-state index in [4.69, 9.17) is 5.26 Å². The third-order valence-corrected chi connectivity index (χ3v) is 3.81. The van der Waals surface area contributed by atoms with Crippen molar-refractivity contribution in [2.24, 2.45) is 0 Å². The lowest BCUT2D eigenvalue weighted by Gasteiger charge is -2.04. The molecular weight excluding hydrogens is 310 g/mol. The quantitative estimate of drug-likeness (QED) is 0.732. The maximum absolute atomic E-state index is 12.1. The van der Waals surface area contributed by atoms with E-state index in [0.29, 0.717) is 11.3 Å². The van der Waals surface area contributed by atoms with Crippen LogP contribution in [-0.4, -0.2) is 5.91 Å². The summed E-state index contributed by atoms with van der Waals surface area (Å²) in [7, 11) is 0. The van der Waals surface area contributed by atoms with Gasteiger partial charge in [-0.3, -0.25) is 4.79 Å². The minimum absolute atomic E-state index is 0.129. The number of carbonyl (C=O) groups is 1. The van der Waals surface area contributed by atoms with Gasteiger partial charge in [0.15, 0.2) is 12.4 Å². The SMILES string of the molecule is N#Cc1cccc(NC(=O)C[n+]2ccc(Cc3ccccc3)cc2)c1. The predicted octanol–water partition coefficient (Wildman–Crippen LogP) is 3.08. The fourth-order valence-corrected chi connectivity index (χ4v) is 2.58. The van der Waals surface area contributed by atoms with Gasteiger partial charge in [-0.15, -0.1) is 0 Å². The van der Waals surface area contributed by atoms with Gasteiger partial charge in [-0.25, -0.2) is 0 Å². The molecule has 3 rings (SSSR count). The van der Waals surface area contributed by atoms with Gasteiger partial charge in [0.2, 0.25) is 6.54 Å². The number of nitrogens with one attached hydrogen (secondary N) is 1. The van der Waals surface area contributed by atoms with Crippen LogP contribution in [0.1, 0.15) is 16.7 Å². The first-order chi connectivity index (χ1) is 12.2. The number of pyridine rings is 1. The highest BCUT2D eigenvalue weighted by molar-refractivity contribution is 5.89. The van der Waals surface area contributed by atoms with Gasteiger partial charge < -0.3 is 5.32 Å². The predicted molar refractivity (Wildman–Crippen MR) is 95.7 cm³/mol. The lowest BCUT2D eigenvalue weighted by atomic mass is 10.1. The molecule has 1 aromatic heterocycles. The van der Waals surface area contributed by atoms with Crippen molar-refractivity contribution in [1.82, 2.24) is 0 Å². The number of hydrogen-bond acceptors (Lipinski definition) is 2. The summed E-state index contributed by atoms with van der Waals surface area (Å²) < 4.78 is 1.83.